The molecule has 1 aromatic carbocycles. The average Bonchev–Trinajstić information content (AvgIpc) is 2.42. The van der Waals surface area contributed by atoms with Gasteiger partial charge in [0.15, 0.2) is 5.84 Å². The van der Waals surface area contributed by atoms with E-state index in [1.807, 2.05) is 0 Å². The number of alkyl halides is 3. The van der Waals surface area contributed by atoms with E-state index < -0.39 is 12.6 Å². The third-order valence-electron chi connectivity index (χ3n) is 2.73. The lowest BCUT2D eigenvalue weighted by atomic mass is 10.1. The van der Waals surface area contributed by atoms with Crippen LogP contribution in [0.15, 0.2) is 23.4 Å². The van der Waals surface area contributed by atoms with Gasteiger partial charge in [0.25, 0.3) is 0 Å². The summed E-state index contributed by atoms with van der Waals surface area (Å²) in [4.78, 5) is 1.38. The molecule has 0 aliphatic carbocycles. The van der Waals surface area contributed by atoms with Crippen molar-refractivity contribution in [3.8, 4) is 5.75 Å². The highest BCUT2D eigenvalue weighted by Crippen LogP contribution is 2.27. The highest BCUT2D eigenvalue weighted by atomic mass is 19.4. The highest BCUT2D eigenvalue weighted by molar-refractivity contribution is 6.02. The van der Waals surface area contributed by atoms with Crippen molar-refractivity contribution in [1.82, 2.24) is 0 Å². The van der Waals surface area contributed by atoms with Crippen molar-refractivity contribution in [2.75, 3.05) is 25.6 Å². The van der Waals surface area contributed by atoms with E-state index >= 15 is 0 Å². The van der Waals surface area contributed by atoms with Gasteiger partial charge in [-0.05, 0) is 12.1 Å². The van der Waals surface area contributed by atoms with Gasteiger partial charge in [0, 0.05) is 25.2 Å². The maximum atomic E-state index is 12.3. The predicted molar refractivity (Wildman–Crippen MR) is 69.4 cm³/mol. The van der Waals surface area contributed by atoms with Gasteiger partial charge in [-0.1, -0.05) is 5.16 Å². The van der Waals surface area contributed by atoms with Crippen LogP contribution in [0.2, 0.25) is 0 Å². The molecule has 0 aromatic heterocycles. The molecule has 0 fully saturated rings. The molecule has 5 nitrogen and oxygen atoms in total. The largest absolute Gasteiger partial charge is 0.497 e. The van der Waals surface area contributed by atoms with Crippen LogP contribution in [0.25, 0.3) is 0 Å². The molecule has 1 rings (SSSR count). The second-order valence-electron chi connectivity index (χ2n) is 4.16. The lowest BCUT2D eigenvalue weighted by Crippen LogP contribution is -2.27. The van der Waals surface area contributed by atoms with E-state index in [1.54, 1.807) is 6.07 Å². The van der Waals surface area contributed by atoms with Gasteiger partial charge in [-0.3, -0.25) is 0 Å². The number of nitrogens with two attached hydrogens (primary N) is 1. The lowest BCUT2D eigenvalue weighted by Gasteiger charge is -2.23. The van der Waals surface area contributed by atoms with Gasteiger partial charge in [-0.2, -0.15) is 13.2 Å². The number of nitrogens with zero attached hydrogens (tertiary/aromatic N) is 2. The lowest BCUT2D eigenvalue weighted by molar-refractivity contribution is -0.132. The second-order valence-corrected chi connectivity index (χ2v) is 4.16. The maximum Gasteiger partial charge on any atom is 0.390 e. The van der Waals surface area contributed by atoms with E-state index in [4.69, 9.17) is 15.7 Å². The normalized spacial score (nSPS) is 12.3. The van der Waals surface area contributed by atoms with Crippen LogP contribution in [-0.4, -0.2) is 37.9 Å². The molecule has 0 bridgehead atoms. The molecule has 0 atom stereocenters. The molecule has 0 saturated heterocycles. The molecule has 0 saturated carbocycles. The maximum absolute atomic E-state index is 12.3. The van der Waals surface area contributed by atoms with Gasteiger partial charge in [0.1, 0.15) is 5.75 Å². The third-order valence-corrected chi connectivity index (χ3v) is 2.73. The molecule has 3 N–H and O–H groups in total. The fourth-order valence-corrected chi connectivity index (χ4v) is 1.64. The summed E-state index contributed by atoms with van der Waals surface area (Å²) in [6, 6.07) is 4.63. The Morgan fingerprint density at radius 3 is 2.60 bits per heavy atom. The van der Waals surface area contributed by atoms with Crippen LogP contribution in [0, 0.1) is 0 Å². The standard InChI is InChI=1S/C12H16F3N3O2/c1-18(6-5-12(13,14)15)10-7-8(20-2)3-4-9(10)11(16)17-19/h3-4,7,19H,5-6H2,1-2H3,(H2,16,17). The van der Waals surface area contributed by atoms with Gasteiger partial charge < -0.3 is 20.6 Å². The molecule has 1 aromatic rings. The van der Waals surface area contributed by atoms with Crippen molar-refractivity contribution in [3.05, 3.63) is 23.8 Å². The number of oxime groups is 1. The molecule has 0 aliphatic rings. The average molecular weight is 291 g/mol. The molecular formula is C12H16F3N3O2. The predicted octanol–water partition coefficient (Wildman–Crippen LogP) is 2.18. The minimum Gasteiger partial charge on any atom is -0.497 e. The summed E-state index contributed by atoms with van der Waals surface area (Å²) in [5.74, 6) is 0.287. The van der Waals surface area contributed by atoms with Gasteiger partial charge in [0.2, 0.25) is 0 Å². The van der Waals surface area contributed by atoms with Crippen LogP contribution >= 0.6 is 0 Å². The first kappa shape index (κ1) is 15.9. The van der Waals surface area contributed by atoms with E-state index in [9.17, 15) is 13.2 Å². The quantitative estimate of drug-likeness (QED) is 0.377. The zero-order chi connectivity index (χ0) is 15.3. The molecule has 0 aliphatic heterocycles. The van der Waals surface area contributed by atoms with E-state index in [1.165, 1.54) is 31.2 Å². The topological polar surface area (TPSA) is 71.1 Å². The van der Waals surface area contributed by atoms with Crippen molar-refractivity contribution in [2.45, 2.75) is 12.6 Å². The Hall–Kier alpha value is -2.12. The van der Waals surface area contributed by atoms with E-state index in [0.29, 0.717) is 17.0 Å². The van der Waals surface area contributed by atoms with Gasteiger partial charge in [0.05, 0.1) is 19.2 Å². The summed E-state index contributed by atoms with van der Waals surface area (Å²) in [6.45, 7) is -0.248. The van der Waals surface area contributed by atoms with Gasteiger partial charge in [-0.15, -0.1) is 0 Å². The SMILES string of the molecule is COc1ccc(/C(N)=N/O)c(N(C)CCC(F)(F)F)c1. The number of benzene rings is 1. The monoisotopic (exact) mass is 291 g/mol. The Morgan fingerprint density at radius 1 is 1.45 bits per heavy atom. The summed E-state index contributed by atoms with van der Waals surface area (Å²) in [5, 5.41) is 11.6. The van der Waals surface area contributed by atoms with Crippen LogP contribution in [0.5, 0.6) is 5.75 Å². The van der Waals surface area contributed by atoms with Gasteiger partial charge in [-0.25, -0.2) is 0 Å². The number of hydrogen-bond donors (Lipinski definition) is 2. The summed E-state index contributed by atoms with van der Waals surface area (Å²) in [7, 11) is 2.94. The number of ether oxygens (including phenoxy) is 1. The second kappa shape index (κ2) is 6.36. The first-order valence-corrected chi connectivity index (χ1v) is 5.72. The first-order chi connectivity index (χ1) is 9.28. The number of rotatable bonds is 5. The van der Waals surface area contributed by atoms with Crippen LogP contribution in [0.3, 0.4) is 0 Å². The van der Waals surface area contributed by atoms with Crippen LogP contribution < -0.4 is 15.4 Å². The molecule has 0 heterocycles. The number of halogens is 3. The van der Waals surface area contributed by atoms with Crippen molar-refractivity contribution < 1.29 is 23.1 Å². The van der Waals surface area contributed by atoms with Crippen LogP contribution in [0.1, 0.15) is 12.0 Å². The van der Waals surface area contributed by atoms with Crippen molar-refractivity contribution in [2.24, 2.45) is 10.9 Å². The number of methoxy groups -OCH3 is 1. The smallest absolute Gasteiger partial charge is 0.390 e. The highest BCUT2D eigenvalue weighted by Gasteiger charge is 2.27. The molecular weight excluding hydrogens is 275 g/mol. The van der Waals surface area contributed by atoms with Crippen LogP contribution in [-0.2, 0) is 0 Å². The zero-order valence-electron chi connectivity index (χ0n) is 11.1. The fourth-order valence-electron chi connectivity index (χ4n) is 1.64. The molecule has 0 radical (unpaired) electrons. The number of amidine groups is 1. The third kappa shape index (κ3) is 4.22. The Morgan fingerprint density at radius 2 is 2.10 bits per heavy atom. The van der Waals surface area contributed by atoms with Crippen LogP contribution in [0.4, 0.5) is 18.9 Å². The minimum absolute atomic E-state index is 0.179. The van der Waals surface area contributed by atoms with E-state index in [-0.39, 0.29) is 12.4 Å². The summed E-state index contributed by atoms with van der Waals surface area (Å²) >= 11 is 0. The van der Waals surface area contributed by atoms with E-state index in [0.717, 1.165) is 0 Å². The zero-order valence-corrected chi connectivity index (χ0v) is 11.1. The molecule has 8 heteroatoms. The summed E-state index contributed by atoms with van der Waals surface area (Å²) in [6.07, 6.45) is -5.21. The fraction of sp³-hybridized carbons (Fsp3) is 0.417. The molecule has 20 heavy (non-hydrogen) atoms. The molecule has 112 valence electrons. The molecule has 0 spiro atoms. The number of hydrogen-bond acceptors (Lipinski definition) is 4. The Kier molecular flexibility index (Phi) is 5.06. The first-order valence-electron chi connectivity index (χ1n) is 5.72. The van der Waals surface area contributed by atoms with Crippen molar-refractivity contribution in [1.29, 1.82) is 0 Å². The summed E-state index contributed by atoms with van der Waals surface area (Å²) < 4.78 is 41.8. The minimum atomic E-state index is -4.25. The van der Waals surface area contributed by atoms with Gasteiger partial charge >= 0.3 is 6.18 Å². The van der Waals surface area contributed by atoms with Crippen molar-refractivity contribution >= 4 is 11.5 Å². The molecule has 0 amide bonds. The Labute approximate surface area is 114 Å². The molecule has 0 unspecified atom stereocenters. The summed E-state index contributed by atoms with van der Waals surface area (Å²) in [5.41, 5.74) is 6.24. The Bertz CT molecular complexity index is 489. The van der Waals surface area contributed by atoms with E-state index in [2.05, 4.69) is 5.16 Å². The number of anilines is 1. The van der Waals surface area contributed by atoms with Crippen molar-refractivity contribution in [3.63, 3.8) is 0 Å². The Balaban J connectivity index is 3.06.